The average molecular weight is 280 g/mol. The van der Waals surface area contributed by atoms with E-state index in [9.17, 15) is 4.79 Å². The standard InChI is InChI=1S/CHAsBr2O2/c3-2(4)1(5)6/h(H,5,6). The molecule has 6 heavy (non-hydrogen) atoms. The molecule has 0 heterocycles. The monoisotopic (exact) mass is 278 g/mol. The third-order valence-electron chi connectivity index (χ3n) is 0.145. The maximum absolute atomic E-state index is 9.67. The number of rotatable bonds is 1. The van der Waals surface area contributed by atoms with Crippen molar-refractivity contribution >= 4 is 43.5 Å². The van der Waals surface area contributed by atoms with E-state index in [0.717, 1.165) is 0 Å². The van der Waals surface area contributed by atoms with Crippen molar-refractivity contribution in [3.05, 3.63) is 0 Å². The molecule has 0 saturated heterocycles. The molecular weight excluding hydrogens is 279 g/mol. The van der Waals surface area contributed by atoms with Crippen LogP contribution in [0.25, 0.3) is 0 Å². The first-order valence-electron chi connectivity index (χ1n) is 0.989. The van der Waals surface area contributed by atoms with Gasteiger partial charge in [-0.25, -0.2) is 0 Å². The van der Waals surface area contributed by atoms with Crippen molar-refractivity contribution in [3.8, 4) is 0 Å². The van der Waals surface area contributed by atoms with Gasteiger partial charge in [-0.2, -0.15) is 0 Å². The quantitative estimate of drug-likeness (QED) is 0.739. The number of carbonyl (C=O) groups is 1. The van der Waals surface area contributed by atoms with Crippen LogP contribution in [0.3, 0.4) is 0 Å². The van der Waals surface area contributed by atoms with E-state index in [1.807, 2.05) is 0 Å². The summed E-state index contributed by atoms with van der Waals surface area (Å²) in [6.45, 7) is 0. The molecule has 36 valence electrons. The van der Waals surface area contributed by atoms with Crippen molar-refractivity contribution in [1.29, 1.82) is 0 Å². The molecule has 5 heteroatoms. The van der Waals surface area contributed by atoms with E-state index >= 15 is 0 Å². The number of hydrogen-bond acceptors (Lipinski definition) is 1. The topological polar surface area (TPSA) is 37.3 Å². The normalized spacial score (nSPS) is 9.17. The summed E-state index contributed by atoms with van der Waals surface area (Å²) < 4.78 is -0.762. The SMILES string of the molecule is O=C(O)[As](Br)Br. The van der Waals surface area contributed by atoms with Gasteiger partial charge in [-0.1, -0.05) is 0 Å². The van der Waals surface area contributed by atoms with Crippen LogP contribution in [0.5, 0.6) is 0 Å². The molecule has 0 radical (unpaired) electrons. The third kappa shape index (κ3) is 3.19. The Bertz CT molecular complexity index is 62.6. The molecule has 0 fully saturated rings. The van der Waals surface area contributed by atoms with Crippen LogP contribution in [0.4, 0.5) is 4.79 Å². The van der Waals surface area contributed by atoms with Gasteiger partial charge in [-0.15, -0.1) is 0 Å². The average Bonchev–Trinajstić information content (AvgIpc) is 1.36. The van der Waals surface area contributed by atoms with Gasteiger partial charge in [0.05, 0.1) is 0 Å². The Morgan fingerprint density at radius 1 is 1.67 bits per heavy atom. The predicted octanol–water partition coefficient (Wildman–Crippen LogP) is 1.52. The maximum atomic E-state index is 9.67. The van der Waals surface area contributed by atoms with E-state index in [4.69, 9.17) is 5.11 Å². The predicted molar refractivity (Wildman–Crippen MR) is 31.6 cm³/mol. The fourth-order valence-electron chi connectivity index (χ4n) is 0. The zero-order valence-electron chi connectivity index (χ0n) is 2.56. The molecule has 0 unspecified atom stereocenters. The van der Waals surface area contributed by atoms with Crippen molar-refractivity contribution in [2.45, 2.75) is 0 Å². The van der Waals surface area contributed by atoms with Gasteiger partial charge in [-0.3, -0.25) is 0 Å². The second-order valence-electron chi connectivity index (χ2n) is 0.515. The van der Waals surface area contributed by atoms with Crippen molar-refractivity contribution in [1.82, 2.24) is 0 Å². The Balaban J connectivity index is 3.26. The summed E-state index contributed by atoms with van der Waals surface area (Å²) in [6, 6.07) is 0. The number of halogens is 2. The molecule has 0 rings (SSSR count). The first-order valence-corrected chi connectivity index (χ1v) is 10.7. The molecule has 0 bridgehead atoms. The van der Waals surface area contributed by atoms with Crippen LogP contribution in [0.1, 0.15) is 0 Å². The van der Waals surface area contributed by atoms with Crippen molar-refractivity contribution in [2.24, 2.45) is 0 Å². The van der Waals surface area contributed by atoms with E-state index in [1.165, 1.54) is 0 Å². The molecule has 0 aliphatic rings. The summed E-state index contributed by atoms with van der Waals surface area (Å²) in [4.78, 5) is 9.67. The molecule has 0 saturated carbocycles. The zero-order valence-corrected chi connectivity index (χ0v) is 7.61. The molecule has 1 N–H and O–H groups in total. The molecule has 0 atom stereocenters. The second kappa shape index (κ2) is 3.05. The van der Waals surface area contributed by atoms with Gasteiger partial charge in [0.1, 0.15) is 0 Å². The van der Waals surface area contributed by atoms with Gasteiger partial charge in [0, 0.05) is 0 Å². The fourth-order valence-corrected chi connectivity index (χ4v) is 0. The fraction of sp³-hybridized carbons (Fsp3) is 0. The van der Waals surface area contributed by atoms with Crippen LogP contribution in [-0.2, 0) is 0 Å². The Morgan fingerprint density at radius 2 is 1.83 bits per heavy atom. The van der Waals surface area contributed by atoms with Crippen LogP contribution in [-0.4, -0.2) is 20.8 Å². The molecular formula is CHAsBr2O2. The Kier molecular flexibility index (Phi) is 3.55. The van der Waals surface area contributed by atoms with E-state index in [-0.39, 0.29) is 0 Å². The molecule has 0 aromatic carbocycles. The summed E-state index contributed by atoms with van der Waals surface area (Å²) in [5.74, 6) is 0. The van der Waals surface area contributed by atoms with Gasteiger partial charge >= 0.3 is 53.4 Å². The van der Waals surface area contributed by atoms with Crippen molar-refractivity contribution in [2.75, 3.05) is 0 Å². The molecule has 0 amide bonds. The number of carboxylic acid groups (broad SMARTS) is 1. The van der Waals surface area contributed by atoms with Gasteiger partial charge in [0.15, 0.2) is 0 Å². The second-order valence-corrected chi connectivity index (χ2v) is 14.6. The summed E-state index contributed by atoms with van der Waals surface area (Å²) in [5, 5.41) is 7.96. The Hall–Kier alpha value is 0.988. The van der Waals surface area contributed by atoms with Crippen LogP contribution in [0, 0.1) is 0 Å². The van der Waals surface area contributed by atoms with Crippen molar-refractivity contribution < 1.29 is 9.90 Å². The summed E-state index contributed by atoms with van der Waals surface area (Å²) in [5.41, 5.74) is 0. The summed E-state index contributed by atoms with van der Waals surface area (Å²) >= 11 is 5.80. The van der Waals surface area contributed by atoms with Crippen LogP contribution in [0.2, 0.25) is 0 Å². The first-order chi connectivity index (χ1) is 2.64. The molecule has 0 spiro atoms. The van der Waals surface area contributed by atoms with Crippen LogP contribution >= 0.6 is 27.9 Å². The van der Waals surface area contributed by atoms with E-state index < -0.39 is 15.7 Å². The molecule has 0 aromatic heterocycles. The minimum absolute atomic E-state index is 0.762. The number of hydrogen-bond donors (Lipinski definition) is 1. The van der Waals surface area contributed by atoms with Gasteiger partial charge in [-0.05, 0) is 0 Å². The van der Waals surface area contributed by atoms with E-state index in [2.05, 4.69) is 27.9 Å². The van der Waals surface area contributed by atoms with Gasteiger partial charge in [0.2, 0.25) is 0 Å². The summed E-state index contributed by atoms with van der Waals surface area (Å²) in [7, 11) is -1.76. The summed E-state index contributed by atoms with van der Waals surface area (Å²) in [6.07, 6.45) is 0. The zero-order chi connectivity index (χ0) is 5.15. The molecule has 2 nitrogen and oxygen atoms in total. The first kappa shape index (κ1) is 6.99. The van der Waals surface area contributed by atoms with E-state index in [1.54, 1.807) is 0 Å². The molecule has 0 aliphatic heterocycles. The molecule has 0 aromatic rings. The van der Waals surface area contributed by atoms with Gasteiger partial charge in [0.25, 0.3) is 0 Å². The van der Waals surface area contributed by atoms with Crippen LogP contribution < -0.4 is 0 Å². The van der Waals surface area contributed by atoms with Crippen LogP contribution in [0.15, 0.2) is 0 Å². The minimum atomic E-state index is -1.76. The third-order valence-corrected chi connectivity index (χ3v) is 3.90. The van der Waals surface area contributed by atoms with Gasteiger partial charge < -0.3 is 0 Å². The van der Waals surface area contributed by atoms with Crippen molar-refractivity contribution in [3.63, 3.8) is 0 Å². The molecule has 0 aliphatic carbocycles. The Labute approximate surface area is 53.3 Å². The Morgan fingerprint density at radius 3 is 1.83 bits per heavy atom. The van der Waals surface area contributed by atoms with E-state index in [0.29, 0.717) is 0 Å².